The van der Waals surface area contributed by atoms with Crippen LogP contribution in [-0.2, 0) is 29.1 Å². The van der Waals surface area contributed by atoms with Crippen molar-refractivity contribution in [1.29, 1.82) is 0 Å². The Morgan fingerprint density at radius 2 is 1.05 bits per heavy atom. The molecule has 294 valence electrons. The highest BCUT2D eigenvalue weighted by Crippen LogP contribution is 2.50. The third kappa shape index (κ3) is 6.06. The number of rotatable bonds is 3. The number of aryl methyl sites for hydroxylation is 3. The van der Waals surface area contributed by atoms with Crippen LogP contribution in [0.5, 0.6) is 0 Å². The molecule has 0 spiro atoms. The van der Waals surface area contributed by atoms with Gasteiger partial charge in [0, 0.05) is 33.7 Å². The van der Waals surface area contributed by atoms with Gasteiger partial charge in [-0.2, -0.15) is 0 Å². The first kappa shape index (κ1) is 37.7. The first-order valence-corrected chi connectivity index (χ1v) is 21.8. The van der Waals surface area contributed by atoms with Gasteiger partial charge in [-0.25, -0.2) is 0 Å². The zero-order chi connectivity index (χ0) is 41.2. The third-order valence-electron chi connectivity index (χ3n) is 13.5. The number of hydrogen-bond acceptors (Lipinski definition) is 2. The lowest BCUT2D eigenvalue weighted by atomic mass is 9.33. The van der Waals surface area contributed by atoms with Crippen molar-refractivity contribution in [2.24, 2.45) is 0 Å². The SMILES string of the molecule is Cc1ccc2c(c1)B1c3ccc(C(C)(C)C)cc3N(c3ccc4c5c(cccc35)CCC4)c3cc(C(C)(C)C)cc(c31)N2c1ccc(C(C)(C)C)cc1-c1ccccc1. The Hall–Kier alpha value is -5.54. The molecule has 0 N–H and O–H groups in total. The van der Waals surface area contributed by atoms with Crippen molar-refractivity contribution in [3.8, 4) is 11.1 Å². The van der Waals surface area contributed by atoms with Crippen LogP contribution < -0.4 is 26.2 Å². The quantitative estimate of drug-likeness (QED) is 0.165. The van der Waals surface area contributed by atoms with Gasteiger partial charge in [0.05, 0.1) is 11.4 Å². The van der Waals surface area contributed by atoms with Crippen molar-refractivity contribution in [2.45, 2.75) is 105 Å². The highest BCUT2D eigenvalue weighted by Gasteiger charge is 2.45. The molecule has 0 aromatic heterocycles. The van der Waals surface area contributed by atoms with E-state index in [0.29, 0.717) is 0 Å². The lowest BCUT2D eigenvalue weighted by Gasteiger charge is -2.46. The molecule has 0 bridgehead atoms. The molecule has 2 heterocycles. The second-order valence-corrected chi connectivity index (χ2v) is 20.7. The van der Waals surface area contributed by atoms with Crippen molar-refractivity contribution < 1.29 is 0 Å². The minimum atomic E-state index is -0.0995. The second-order valence-electron chi connectivity index (χ2n) is 20.7. The molecule has 2 nitrogen and oxygen atoms in total. The summed E-state index contributed by atoms with van der Waals surface area (Å²) >= 11 is 0. The largest absolute Gasteiger partial charge is 0.311 e. The van der Waals surface area contributed by atoms with Crippen molar-refractivity contribution >= 4 is 68.0 Å². The molecule has 0 fully saturated rings. The van der Waals surface area contributed by atoms with Gasteiger partial charge in [-0.05, 0) is 140 Å². The van der Waals surface area contributed by atoms with Crippen LogP contribution in [0.25, 0.3) is 21.9 Å². The summed E-state index contributed by atoms with van der Waals surface area (Å²) < 4.78 is 0. The second kappa shape index (κ2) is 13.2. The molecule has 0 amide bonds. The highest BCUT2D eigenvalue weighted by molar-refractivity contribution is 7.00. The van der Waals surface area contributed by atoms with Gasteiger partial charge in [-0.15, -0.1) is 0 Å². The Labute approximate surface area is 353 Å². The Balaban J connectivity index is 1.35. The van der Waals surface area contributed by atoms with Gasteiger partial charge in [0.1, 0.15) is 0 Å². The zero-order valence-electron chi connectivity index (χ0n) is 36.7. The molecule has 0 radical (unpaired) electrons. The van der Waals surface area contributed by atoms with E-state index in [1.165, 1.54) is 112 Å². The maximum Gasteiger partial charge on any atom is 0.252 e. The summed E-state index contributed by atoms with van der Waals surface area (Å²) in [5.41, 5.74) is 22.4. The third-order valence-corrected chi connectivity index (χ3v) is 13.5. The Morgan fingerprint density at radius 1 is 0.458 bits per heavy atom. The van der Waals surface area contributed by atoms with Gasteiger partial charge in [0.25, 0.3) is 6.71 Å². The molecule has 0 saturated heterocycles. The number of nitrogens with zero attached hydrogens (tertiary/aromatic N) is 2. The molecular formula is C56H57BN2. The van der Waals surface area contributed by atoms with Crippen molar-refractivity contribution in [3.63, 3.8) is 0 Å². The minimum absolute atomic E-state index is 0.00414. The molecular weight excluding hydrogens is 711 g/mol. The van der Waals surface area contributed by atoms with Gasteiger partial charge < -0.3 is 9.80 Å². The van der Waals surface area contributed by atoms with Crippen LogP contribution >= 0.6 is 0 Å². The molecule has 1 aliphatic carbocycles. The van der Waals surface area contributed by atoms with E-state index in [0.717, 1.165) is 12.8 Å². The van der Waals surface area contributed by atoms with Crippen LogP contribution in [-0.4, -0.2) is 6.71 Å². The summed E-state index contributed by atoms with van der Waals surface area (Å²) in [6, 6.07) is 49.8. The molecule has 0 saturated carbocycles. The van der Waals surface area contributed by atoms with E-state index in [-0.39, 0.29) is 23.0 Å². The van der Waals surface area contributed by atoms with E-state index in [1.807, 2.05) is 0 Å². The van der Waals surface area contributed by atoms with E-state index in [9.17, 15) is 0 Å². The van der Waals surface area contributed by atoms with Crippen molar-refractivity contribution in [1.82, 2.24) is 0 Å². The van der Waals surface area contributed by atoms with E-state index < -0.39 is 0 Å². The highest BCUT2D eigenvalue weighted by atomic mass is 15.2. The smallest absolute Gasteiger partial charge is 0.252 e. The summed E-state index contributed by atoms with van der Waals surface area (Å²) in [7, 11) is 0. The lowest BCUT2D eigenvalue weighted by molar-refractivity contribution is 0.590. The van der Waals surface area contributed by atoms with Gasteiger partial charge in [-0.1, -0.05) is 153 Å². The zero-order valence-corrected chi connectivity index (χ0v) is 36.7. The summed E-state index contributed by atoms with van der Waals surface area (Å²) in [6.45, 7) is 23.4. The van der Waals surface area contributed by atoms with E-state index >= 15 is 0 Å². The normalized spacial score (nSPS) is 14.6. The number of benzene rings is 7. The number of anilines is 6. The molecule has 7 aromatic carbocycles. The van der Waals surface area contributed by atoms with Crippen LogP contribution in [0.2, 0.25) is 0 Å². The maximum absolute atomic E-state index is 2.67. The van der Waals surface area contributed by atoms with Gasteiger partial charge >= 0.3 is 0 Å². The van der Waals surface area contributed by atoms with Crippen LogP contribution in [0.1, 0.15) is 102 Å². The number of hydrogen-bond donors (Lipinski definition) is 0. The summed E-state index contributed by atoms with van der Waals surface area (Å²) in [4.78, 5) is 5.30. The molecule has 3 heteroatoms. The first-order valence-electron chi connectivity index (χ1n) is 21.8. The lowest BCUT2D eigenvalue weighted by Crippen LogP contribution is -2.61. The average Bonchev–Trinajstić information content (AvgIpc) is 3.20. The summed E-state index contributed by atoms with van der Waals surface area (Å²) in [5, 5.41) is 2.81. The van der Waals surface area contributed by atoms with Gasteiger partial charge in [0.2, 0.25) is 0 Å². The molecule has 59 heavy (non-hydrogen) atoms. The predicted octanol–water partition coefficient (Wildman–Crippen LogP) is 13.3. The Morgan fingerprint density at radius 3 is 1.75 bits per heavy atom. The van der Waals surface area contributed by atoms with Crippen molar-refractivity contribution in [2.75, 3.05) is 9.80 Å². The van der Waals surface area contributed by atoms with Crippen LogP contribution in [0.3, 0.4) is 0 Å². The average molecular weight is 769 g/mol. The standard InChI is InChI=1S/C56H57BN2/c1-35-22-27-48-45(30-35)57-44-26-24-40(55(5,6)7)32-49(44)59(46-28-23-38-19-14-18-37-20-15-21-42(46)52(37)38)51-34-41(56(8,9)10)33-50(53(51)57)58(48)47-29-25-39(54(2,3)4)31-43(47)36-16-12-11-13-17-36/h11-13,15-17,20-34H,14,18-19H2,1-10H3. The van der Waals surface area contributed by atoms with Gasteiger partial charge in [0.15, 0.2) is 0 Å². The van der Waals surface area contributed by atoms with Crippen molar-refractivity contribution in [3.05, 3.63) is 161 Å². The summed E-state index contributed by atoms with van der Waals surface area (Å²) in [5.74, 6) is 0. The topological polar surface area (TPSA) is 6.48 Å². The minimum Gasteiger partial charge on any atom is -0.311 e. The fraction of sp³-hybridized carbons (Fsp3) is 0.286. The van der Waals surface area contributed by atoms with Gasteiger partial charge in [-0.3, -0.25) is 0 Å². The maximum atomic E-state index is 2.67. The molecule has 0 atom stereocenters. The molecule has 2 aliphatic heterocycles. The van der Waals surface area contributed by atoms with E-state index in [2.05, 4.69) is 206 Å². The first-order chi connectivity index (χ1) is 28.1. The fourth-order valence-electron chi connectivity index (χ4n) is 10.2. The summed E-state index contributed by atoms with van der Waals surface area (Å²) in [6.07, 6.45) is 3.49. The van der Waals surface area contributed by atoms with Crippen LogP contribution in [0.15, 0.2) is 127 Å². The Kier molecular flexibility index (Phi) is 8.46. The van der Waals surface area contributed by atoms with E-state index in [4.69, 9.17) is 0 Å². The molecule has 0 unspecified atom stereocenters. The predicted molar refractivity (Wildman–Crippen MR) is 256 cm³/mol. The van der Waals surface area contributed by atoms with E-state index in [1.54, 1.807) is 0 Å². The molecule has 10 rings (SSSR count). The van der Waals surface area contributed by atoms with Crippen LogP contribution in [0, 0.1) is 6.92 Å². The monoisotopic (exact) mass is 768 g/mol. The molecule has 7 aromatic rings. The molecule has 3 aliphatic rings. The van der Waals surface area contributed by atoms with Crippen LogP contribution in [0.4, 0.5) is 34.1 Å². The Bertz CT molecular complexity index is 2820. The number of fused-ring (bicyclic) bond motifs is 4. The fourth-order valence-corrected chi connectivity index (χ4v) is 10.2.